The SMILES string of the molecule is CC1CCCCN1S(=O)(=O)c1ccc(C(=O)NC(CN2CCN(C)CC2)c2ccccc2)cc1. The quantitative estimate of drug-likeness (QED) is 0.654. The molecule has 0 spiro atoms. The van der Waals surface area contributed by atoms with Gasteiger partial charge < -0.3 is 10.2 Å². The normalized spacial score (nSPS) is 21.8. The second-order valence-electron chi connectivity index (χ2n) is 9.53. The zero-order valence-corrected chi connectivity index (χ0v) is 21.0. The van der Waals surface area contributed by atoms with Gasteiger partial charge in [-0.2, -0.15) is 4.31 Å². The summed E-state index contributed by atoms with van der Waals surface area (Å²) >= 11 is 0. The van der Waals surface area contributed by atoms with E-state index in [0.29, 0.717) is 12.1 Å². The average Bonchev–Trinajstić information content (AvgIpc) is 2.85. The van der Waals surface area contributed by atoms with Gasteiger partial charge in [0, 0.05) is 50.9 Å². The largest absolute Gasteiger partial charge is 0.344 e. The molecule has 1 amide bonds. The number of carbonyl (C=O) groups is 1. The third kappa shape index (κ3) is 5.86. The average molecular weight is 485 g/mol. The smallest absolute Gasteiger partial charge is 0.251 e. The van der Waals surface area contributed by atoms with Crippen molar-refractivity contribution in [3.8, 4) is 0 Å². The monoisotopic (exact) mass is 484 g/mol. The Morgan fingerprint density at radius 1 is 0.971 bits per heavy atom. The van der Waals surface area contributed by atoms with Crippen LogP contribution in [-0.4, -0.2) is 80.8 Å². The Morgan fingerprint density at radius 2 is 1.65 bits per heavy atom. The van der Waals surface area contributed by atoms with Crippen LogP contribution in [0.2, 0.25) is 0 Å². The Bertz CT molecular complexity index is 1050. The molecule has 2 saturated heterocycles. The van der Waals surface area contributed by atoms with Crippen LogP contribution in [0.4, 0.5) is 0 Å². The predicted octanol–water partition coefficient (Wildman–Crippen LogP) is 2.97. The topological polar surface area (TPSA) is 73.0 Å². The summed E-state index contributed by atoms with van der Waals surface area (Å²) in [6.07, 6.45) is 2.83. The number of sulfonamides is 1. The maximum atomic E-state index is 13.1. The molecule has 8 heteroatoms. The van der Waals surface area contributed by atoms with Crippen LogP contribution >= 0.6 is 0 Å². The zero-order valence-electron chi connectivity index (χ0n) is 20.2. The Morgan fingerprint density at radius 3 is 2.29 bits per heavy atom. The lowest BCUT2D eigenvalue weighted by Gasteiger charge is -2.35. The van der Waals surface area contributed by atoms with Crippen molar-refractivity contribution in [2.75, 3.05) is 46.3 Å². The van der Waals surface area contributed by atoms with Gasteiger partial charge in [0.1, 0.15) is 0 Å². The van der Waals surface area contributed by atoms with Gasteiger partial charge in [-0.15, -0.1) is 0 Å². The molecule has 2 unspecified atom stereocenters. The number of amides is 1. The first-order valence-electron chi connectivity index (χ1n) is 12.2. The number of hydrogen-bond acceptors (Lipinski definition) is 5. The van der Waals surface area contributed by atoms with Gasteiger partial charge in [-0.1, -0.05) is 36.8 Å². The van der Waals surface area contributed by atoms with E-state index in [2.05, 4.69) is 22.2 Å². The number of piperazine rings is 1. The Hall–Kier alpha value is -2.26. The molecule has 184 valence electrons. The van der Waals surface area contributed by atoms with Gasteiger partial charge in [0.25, 0.3) is 5.91 Å². The lowest BCUT2D eigenvalue weighted by Crippen LogP contribution is -2.47. The maximum absolute atomic E-state index is 13.1. The van der Waals surface area contributed by atoms with E-state index in [1.807, 2.05) is 37.3 Å². The van der Waals surface area contributed by atoms with Gasteiger partial charge >= 0.3 is 0 Å². The first-order valence-corrected chi connectivity index (χ1v) is 13.7. The molecule has 2 fully saturated rings. The van der Waals surface area contributed by atoms with E-state index in [-0.39, 0.29) is 22.9 Å². The molecule has 2 aromatic carbocycles. The van der Waals surface area contributed by atoms with Crippen molar-refractivity contribution in [1.29, 1.82) is 0 Å². The Kier molecular flexibility index (Phi) is 8.03. The minimum Gasteiger partial charge on any atom is -0.344 e. The second-order valence-corrected chi connectivity index (χ2v) is 11.4. The van der Waals surface area contributed by atoms with Crippen molar-refractivity contribution in [1.82, 2.24) is 19.4 Å². The Labute approximate surface area is 203 Å². The number of carbonyl (C=O) groups excluding carboxylic acids is 1. The van der Waals surface area contributed by atoms with Crippen LogP contribution in [-0.2, 0) is 10.0 Å². The van der Waals surface area contributed by atoms with Crippen molar-refractivity contribution in [2.45, 2.75) is 43.2 Å². The highest BCUT2D eigenvalue weighted by molar-refractivity contribution is 7.89. The molecule has 2 heterocycles. The van der Waals surface area contributed by atoms with Crippen molar-refractivity contribution in [2.24, 2.45) is 0 Å². The highest BCUT2D eigenvalue weighted by atomic mass is 32.2. The molecule has 4 rings (SSSR count). The number of hydrogen-bond donors (Lipinski definition) is 1. The van der Waals surface area contributed by atoms with E-state index in [9.17, 15) is 13.2 Å². The van der Waals surface area contributed by atoms with E-state index >= 15 is 0 Å². The summed E-state index contributed by atoms with van der Waals surface area (Å²) < 4.78 is 27.8. The molecule has 2 aliphatic rings. The molecule has 0 radical (unpaired) electrons. The number of nitrogens with one attached hydrogen (secondary N) is 1. The summed E-state index contributed by atoms with van der Waals surface area (Å²) in [6, 6.07) is 16.2. The molecule has 1 N–H and O–H groups in total. The van der Waals surface area contributed by atoms with Crippen LogP contribution in [0.5, 0.6) is 0 Å². The molecule has 34 heavy (non-hydrogen) atoms. The van der Waals surface area contributed by atoms with Crippen molar-refractivity contribution < 1.29 is 13.2 Å². The standard InChI is InChI=1S/C26H36N4O3S/c1-21-8-6-7-15-30(21)34(32,33)24-13-11-23(12-14-24)26(31)27-25(22-9-4-3-5-10-22)20-29-18-16-28(2)17-19-29/h3-5,9-14,21,25H,6-8,15-20H2,1-2H3,(H,27,31). The first kappa shape index (κ1) is 24.9. The Balaban J connectivity index is 1.47. The fourth-order valence-electron chi connectivity index (χ4n) is 4.79. The minimum absolute atomic E-state index is 0.00271. The van der Waals surface area contributed by atoms with Gasteiger partial charge in [-0.05, 0) is 56.6 Å². The molecule has 0 saturated carbocycles. The molecule has 0 bridgehead atoms. The van der Waals surface area contributed by atoms with Crippen LogP contribution in [0.3, 0.4) is 0 Å². The number of rotatable bonds is 7. The van der Waals surface area contributed by atoms with Gasteiger partial charge in [0.2, 0.25) is 10.0 Å². The zero-order chi connectivity index (χ0) is 24.1. The fraction of sp³-hybridized carbons (Fsp3) is 0.500. The molecule has 7 nitrogen and oxygen atoms in total. The van der Waals surface area contributed by atoms with Crippen LogP contribution in [0, 0.1) is 0 Å². The molecular formula is C26H36N4O3S. The van der Waals surface area contributed by atoms with E-state index < -0.39 is 10.0 Å². The molecule has 2 aliphatic heterocycles. The lowest BCUT2D eigenvalue weighted by molar-refractivity contribution is 0.0907. The highest BCUT2D eigenvalue weighted by Gasteiger charge is 2.31. The molecule has 2 aromatic rings. The van der Waals surface area contributed by atoms with Gasteiger partial charge in [0.15, 0.2) is 0 Å². The van der Waals surface area contributed by atoms with Crippen LogP contribution in [0.25, 0.3) is 0 Å². The van der Waals surface area contributed by atoms with Crippen LogP contribution in [0.15, 0.2) is 59.5 Å². The van der Waals surface area contributed by atoms with Gasteiger partial charge in [-0.3, -0.25) is 9.69 Å². The third-order valence-electron chi connectivity index (χ3n) is 7.01. The van der Waals surface area contributed by atoms with Crippen molar-refractivity contribution >= 4 is 15.9 Å². The summed E-state index contributed by atoms with van der Waals surface area (Å²) in [7, 11) is -1.42. The first-order chi connectivity index (χ1) is 16.3. The van der Waals surface area contributed by atoms with Crippen molar-refractivity contribution in [3.05, 3.63) is 65.7 Å². The minimum atomic E-state index is -3.55. The number of benzene rings is 2. The summed E-state index contributed by atoms with van der Waals surface area (Å²) in [6.45, 7) is 7.22. The lowest BCUT2D eigenvalue weighted by atomic mass is 10.0. The number of likely N-dealkylation sites (N-methyl/N-ethyl adjacent to an activating group) is 1. The van der Waals surface area contributed by atoms with Crippen molar-refractivity contribution in [3.63, 3.8) is 0 Å². The highest BCUT2D eigenvalue weighted by Crippen LogP contribution is 2.25. The van der Waals surface area contributed by atoms with E-state index in [1.165, 1.54) is 0 Å². The molecule has 0 aliphatic carbocycles. The van der Waals surface area contributed by atoms with E-state index in [1.54, 1.807) is 28.6 Å². The van der Waals surface area contributed by atoms with E-state index in [4.69, 9.17) is 0 Å². The maximum Gasteiger partial charge on any atom is 0.251 e. The fourth-order valence-corrected chi connectivity index (χ4v) is 6.49. The van der Waals surface area contributed by atoms with E-state index in [0.717, 1.165) is 57.5 Å². The van der Waals surface area contributed by atoms with Gasteiger partial charge in [-0.25, -0.2) is 8.42 Å². The summed E-state index contributed by atoms with van der Waals surface area (Å²) in [5.74, 6) is -0.196. The third-order valence-corrected chi connectivity index (χ3v) is 9.04. The summed E-state index contributed by atoms with van der Waals surface area (Å²) in [4.78, 5) is 18.1. The van der Waals surface area contributed by atoms with Gasteiger partial charge in [0.05, 0.1) is 10.9 Å². The predicted molar refractivity (Wildman–Crippen MR) is 134 cm³/mol. The number of piperidine rings is 1. The molecule has 0 aromatic heterocycles. The second kappa shape index (κ2) is 11.0. The molecular weight excluding hydrogens is 448 g/mol. The summed E-state index contributed by atoms with van der Waals surface area (Å²) in [5, 5.41) is 3.18. The van der Waals surface area contributed by atoms with Crippen LogP contribution < -0.4 is 5.32 Å². The number of nitrogens with zero attached hydrogens (tertiary/aromatic N) is 3. The van der Waals surface area contributed by atoms with Crippen LogP contribution in [0.1, 0.15) is 48.1 Å². The summed E-state index contributed by atoms with van der Waals surface area (Å²) in [5.41, 5.74) is 1.53. The molecule has 2 atom stereocenters.